The lowest BCUT2D eigenvalue weighted by Crippen LogP contribution is -2.10. The molecule has 2 aromatic carbocycles. The third kappa shape index (κ3) is 4.12. The number of nitrogens with two attached hydrogens (primary N) is 1. The molecule has 28 heavy (non-hydrogen) atoms. The van der Waals surface area contributed by atoms with Crippen molar-refractivity contribution in [2.24, 2.45) is 0 Å². The van der Waals surface area contributed by atoms with Crippen LogP contribution in [-0.2, 0) is 9.53 Å². The number of carbonyl (C=O) groups is 5. The zero-order chi connectivity index (χ0) is 21.0. The second-order valence-electron chi connectivity index (χ2n) is 5.47. The molecule has 0 spiro atoms. The van der Waals surface area contributed by atoms with E-state index < -0.39 is 23.9 Å². The zero-order valence-electron chi connectivity index (χ0n) is 14.4. The van der Waals surface area contributed by atoms with Crippen LogP contribution < -0.4 is 11.1 Å². The van der Waals surface area contributed by atoms with Gasteiger partial charge < -0.3 is 26.0 Å². The van der Waals surface area contributed by atoms with Crippen LogP contribution in [0.5, 0.6) is 0 Å². The fraction of sp³-hybridized carbons (Fsp3) is 0.0556. The highest BCUT2D eigenvalue weighted by Crippen LogP contribution is 2.27. The highest BCUT2D eigenvalue weighted by atomic mass is 16.6. The van der Waals surface area contributed by atoms with E-state index in [9.17, 15) is 24.0 Å². The standard InChI is InChI=1S/C10H7NO4.C8H7NO4/c1-5(12)11-7-4-2-3-6-8(7)10(14)15-9(6)13;9-5-3-1-2-4(7(10)11)6(5)8(12)13/h2-4H,1H3,(H,11,12);1-3H,9H2,(H,10,11)(H,12,13)/i11+1;9+1. The van der Waals surface area contributed by atoms with Gasteiger partial charge in [0.1, 0.15) is 0 Å². The first-order valence-electron chi connectivity index (χ1n) is 7.65. The van der Waals surface area contributed by atoms with Crippen molar-refractivity contribution in [1.29, 1.82) is 0 Å². The van der Waals surface area contributed by atoms with Gasteiger partial charge in [0.15, 0.2) is 0 Å². The fourth-order valence-electron chi connectivity index (χ4n) is 2.41. The van der Waals surface area contributed by atoms with Crippen molar-refractivity contribution in [3.63, 3.8) is 0 Å². The average Bonchev–Trinajstić information content (AvgIpc) is 2.89. The van der Waals surface area contributed by atoms with Gasteiger partial charge in [-0.15, -0.1) is 0 Å². The van der Waals surface area contributed by atoms with Crippen LogP contribution in [0.3, 0.4) is 0 Å². The summed E-state index contributed by atoms with van der Waals surface area (Å²) in [6, 6.07) is 8.53. The molecule has 1 aliphatic heterocycles. The molecule has 0 bridgehead atoms. The molecular formula is C18H14N2O8. The van der Waals surface area contributed by atoms with Gasteiger partial charge in [0.25, 0.3) is 0 Å². The molecule has 2 aromatic rings. The minimum absolute atomic E-state index is 0.0487. The van der Waals surface area contributed by atoms with Crippen LogP contribution in [-0.4, -0.2) is 40.0 Å². The quantitative estimate of drug-likeness (QED) is 0.264. The number of fused-ring (bicyclic) bond motifs is 1. The number of anilines is 2. The molecule has 0 aromatic heterocycles. The number of carboxylic acid groups (broad SMARTS) is 2. The Labute approximate surface area is 157 Å². The summed E-state index contributed by atoms with van der Waals surface area (Å²) in [5.74, 6) is -4.35. The molecule has 3 rings (SSSR count). The number of hydrogen-bond acceptors (Lipinski definition) is 7. The summed E-state index contributed by atoms with van der Waals surface area (Å²) >= 11 is 0. The molecule has 10 heteroatoms. The summed E-state index contributed by atoms with van der Waals surface area (Å²) in [6.45, 7) is 1.32. The van der Waals surface area contributed by atoms with Gasteiger partial charge in [-0.3, -0.25) is 4.79 Å². The molecule has 144 valence electrons. The van der Waals surface area contributed by atoms with E-state index in [1.165, 1.54) is 31.2 Å². The van der Waals surface area contributed by atoms with Crippen molar-refractivity contribution < 1.29 is 38.9 Å². The first-order chi connectivity index (χ1) is 13.1. The van der Waals surface area contributed by atoms with Crippen molar-refractivity contribution in [2.45, 2.75) is 6.92 Å². The minimum atomic E-state index is -1.34. The lowest BCUT2D eigenvalue weighted by atomic mass is 10.1. The van der Waals surface area contributed by atoms with Crippen molar-refractivity contribution in [1.82, 2.24) is 0 Å². The number of amides is 1. The van der Waals surface area contributed by atoms with Gasteiger partial charge >= 0.3 is 23.9 Å². The lowest BCUT2D eigenvalue weighted by molar-refractivity contribution is -0.114. The van der Waals surface area contributed by atoms with Gasteiger partial charge in [0, 0.05) is 12.6 Å². The molecule has 1 heterocycles. The summed E-state index contributed by atoms with van der Waals surface area (Å²) in [7, 11) is 0. The number of carboxylic acids is 2. The third-order valence-corrected chi connectivity index (χ3v) is 3.53. The number of cyclic esters (lactones) is 2. The summed E-state index contributed by atoms with van der Waals surface area (Å²) < 4.78 is 4.42. The molecular weight excluding hydrogens is 374 g/mol. The number of rotatable bonds is 3. The molecule has 0 atom stereocenters. The molecule has 0 saturated carbocycles. The van der Waals surface area contributed by atoms with E-state index in [2.05, 4.69) is 10.1 Å². The Kier molecular flexibility index (Phi) is 5.74. The van der Waals surface area contributed by atoms with Gasteiger partial charge in [-0.25, -0.2) is 19.2 Å². The van der Waals surface area contributed by atoms with Crippen LogP contribution in [0.25, 0.3) is 0 Å². The maximum atomic E-state index is 11.3. The van der Waals surface area contributed by atoms with E-state index in [4.69, 9.17) is 15.9 Å². The first kappa shape index (κ1) is 20.1. The van der Waals surface area contributed by atoms with E-state index in [-0.39, 0.29) is 33.8 Å². The van der Waals surface area contributed by atoms with Crippen molar-refractivity contribution in [3.8, 4) is 0 Å². The Hall–Kier alpha value is -4.21. The highest BCUT2D eigenvalue weighted by molar-refractivity contribution is 6.18. The predicted octanol–water partition coefficient (Wildman–Crippen LogP) is 1.62. The highest BCUT2D eigenvalue weighted by Gasteiger charge is 2.32. The number of nitrogens with one attached hydrogen (secondary N) is 1. The number of ether oxygens (including phenoxy) is 1. The topological polar surface area (TPSA) is 173 Å². The fourth-order valence-corrected chi connectivity index (χ4v) is 2.41. The largest absolute Gasteiger partial charge is 0.478 e. The normalized spacial score (nSPS) is 11.6. The summed E-state index contributed by atoms with van der Waals surface area (Å²) in [5.41, 5.74) is 5.21. The summed E-state index contributed by atoms with van der Waals surface area (Å²) in [4.78, 5) is 54.5. The van der Waals surface area contributed by atoms with E-state index >= 15 is 0 Å². The van der Waals surface area contributed by atoms with Crippen LogP contribution in [0.4, 0.5) is 11.4 Å². The van der Waals surface area contributed by atoms with Crippen LogP contribution in [0, 0.1) is 0 Å². The van der Waals surface area contributed by atoms with Crippen LogP contribution in [0.2, 0.25) is 0 Å². The number of nitrogen functional groups attached to an aromatic ring is 1. The monoisotopic (exact) mass is 388 g/mol. The molecule has 1 aliphatic rings. The van der Waals surface area contributed by atoms with Crippen LogP contribution in [0.1, 0.15) is 48.4 Å². The van der Waals surface area contributed by atoms with Crippen molar-refractivity contribution >= 4 is 41.2 Å². The zero-order valence-corrected chi connectivity index (χ0v) is 14.4. The Morgan fingerprint density at radius 1 is 0.964 bits per heavy atom. The average molecular weight is 388 g/mol. The maximum absolute atomic E-state index is 11.3. The number of benzene rings is 2. The number of carbonyl (C=O) groups excluding carboxylic acids is 3. The molecule has 0 unspecified atom stereocenters. The Balaban J connectivity index is 0.000000203. The third-order valence-electron chi connectivity index (χ3n) is 3.53. The van der Waals surface area contributed by atoms with Gasteiger partial charge in [-0.1, -0.05) is 12.1 Å². The molecule has 5 N–H and O–H groups in total. The van der Waals surface area contributed by atoms with E-state index in [0.29, 0.717) is 5.69 Å². The summed E-state index contributed by atoms with van der Waals surface area (Å²) in [5, 5.41) is 19.7. The number of hydrogen-bond donors (Lipinski definition) is 4. The van der Waals surface area contributed by atoms with E-state index in [0.717, 1.165) is 0 Å². The molecule has 0 fully saturated rings. The van der Waals surface area contributed by atoms with Crippen LogP contribution in [0.15, 0.2) is 36.4 Å². The van der Waals surface area contributed by atoms with Gasteiger partial charge in [0.2, 0.25) is 5.91 Å². The molecule has 1 amide bonds. The Morgan fingerprint density at radius 2 is 1.61 bits per heavy atom. The lowest BCUT2D eigenvalue weighted by Gasteiger charge is -2.03. The molecule has 0 saturated heterocycles. The second-order valence-corrected chi connectivity index (χ2v) is 5.47. The SMILES string of the molecule is CC(=O)[15NH]c1cccc2c1C(=O)OC2=O.[15NH2]c1cccc(C(=O)O)c1C(=O)O. The summed E-state index contributed by atoms with van der Waals surface area (Å²) in [6.07, 6.45) is 0. The van der Waals surface area contributed by atoms with Crippen molar-refractivity contribution in [3.05, 3.63) is 58.7 Å². The minimum Gasteiger partial charge on any atom is -0.478 e. The first-order valence-corrected chi connectivity index (χ1v) is 7.65. The Bertz CT molecular complexity index is 1010. The second kappa shape index (κ2) is 7.99. The molecule has 0 radical (unpaired) electrons. The van der Waals surface area contributed by atoms with Gasteiger partial charge in [0.05, 0.1) is 27.9 Å². The Morgan fingerprint density at radius 3 is 2.14 bits per heavy atom. The predicted molar refractivity (Wildman–Crippen MR) is 95.3 cm³/mol. The van der Waals surface area contributed by atoms with E-state index in [1.54, 1.807) is 12.1 Å². The smallest absolute Gasteiger partial charge is 0.349 e. The number of esters is 2. The van der Waals surface area contributed by atoms with Crippen LogP contribution >= 0.6 is 0 Å². The number of aromatic carboxylic acids is 2. The molecule has 10 nitrogen and oxygen atoms in total. The van der Waals surface area contributed by atoms with Gasteiger partial charge in [-0.05, 0) is 24.3 Å². The van der Waals surface area contributed by atoms with Gasteiger partial charge in [-0.2, -0.15) is 0 Å². The van der Waals surface area contributed by atoms with Crippen molar-refractivity contribution in [2.75, 3.05) is 11.1 Å². The maximum Gasteiger partial charge on any atom is 0.349 e. The van der Waals surface area contributed by atoms with E-state index in [1.807, 2.05) is 0 Å². The molecule has 0 aliphatic carbocycles.